The Balaban J connectivity index is 1.71. The molecule has 4 heteroatoms. The fourth-order valence-corrected chi connectivity index (χ4v) is 3.42. The van der Waals surface area contributed by atoms with Crippen LogP contribution in [-0.2, 0) is 9.53 Å². The van der Waals surface area contributed by atoms with Crippen molar-refractivity contribution in [2.24, 2.45) is 0 Å². The van der Waals surface area contributed by atoms with Crippen molar-refractivity contribution < 1.29 is 9.53 Å². The second kappa shape index (κ2) is 6.16. The van der Waals surface area contributed by atoms with Crippen molar-refractivity contribution in [1.29, 1.82) is 0 Å². The maximum atomic E-state index is 12.8. The molecule has 2 atom stereocenters. The number of carbonyl (C=O) groups is 1. The van der Waals surface area contributed by atoms with Crippen LogP contribution in [0.15, 0.2) is 30.3 Å². The molecule has 1 aromatic carbocycles. The van der Waals surface area contributed by atoms with Gasteiger partial charge in [0.25, 0.3) is 0 Å². The van der Waals surface area contributed by atoms with Gasteiger partial charge in [0, 0.05) is 12.6 Å². The Bertz CT molecular complexity index is 485. The van der Waals surface area contributed by atoms with E-state index in [1.165, 1.54) is 0 Å². The zero-order chi connectivity index (χ0) is 14.8. The van der Waals surface area contributed by atoms with E-state index in [2.05, 4.69) is 17.1 Å². The average Bonchev–Trinajstić information content (AvgIpc) is 2.80. The number of hydrogen-bond donors (Lipinski definition) is 1. The van der Waals surface area contributed by atoms with Crippen LogP contribution in [0.1, 0.15) is 44.7 Å². The molecule has 1 aliphatic heterocycles. The lowest BCUT2D eigenvalue weighted by Crippen LogP contribution is -2.52. The second-order valence-corrected chi connectivity index (χ2v) is 5.88. The van der Waals surface area contributed by atoms with Gasteiger partial charge in [-0.05, 0) is 31.7 Å². The summed E-state index contributed by atoms with van der Waals surface area (Å²) in [5.74, 6) is 0.216. The number of rotatable bonds is 5. The SMILES string of the molecule is CCOC1CC(N2C(=O)C(c3ccccc3)NC2CC)C1. The van der Waals surface area contributed by atoms with Gasteiger partial charge in [-0.15, -0.1) is 0 Å². The quantitative estimate of drug-likeness (QED) is 0.905. The topological polar surface area (TPSA) is 41.6 Å². The minimum atomic E-state index is -0.192. The fraction of sp³-hybridized carbons (Fsp3) is 0.588. The Hall–Kier alpha value is -1.39. The zero-order valence-electron chi connectivity index (χ0n) is 12.8. The molecule has 1 heterocycles. The van der Waals surface area contributed by atoms with Crippen molar-refractivity contribution in [3.8, 4) is 0 Å². The first-order chi connectivity index (χ1) is 10.2. The van der Waals surface area contributed by atoms with Crippen LogP contribution in [0.2, 0.25) is 0 Å². The maximum absolute atomic E-state index is 12.8. The van der Waals surface area contributed by atoms with Crippen molar-refractivity contribution in [3.05, 3.63) is 35.9 Å². The summed E-state index contributed by atoms with van der Waals surface area (Å²) in [4.78, 5) is 14.9. The molecular formula is C17H24N2O2. The fourth-order valence-electron chi connectivity index (χ4n) is 3.42. The summed E-state index contributed by atoms with van der Waals surface area (Å²) in [6, 6.07) is 10.1. The molecule has 114 valence electrons. The van der Waals surface area contributed by atoms with Gasteiger partial charge < -0.3 is 9.64 Å². The summed E-state index contributed by atoms with van der Waals surface area (Å²) < 4.78 is 5.62. The van der Waals surface area contributed by atoms with Crippen molar-refractivity contribution in [2.45, 2.75) is 57.5 Å². The first-order valence-electron chi connectivity index (χ1n) is 7.99. The highest BCUT2D eigenvalue weighted by Crippen LogP contribution is 2.35. The lowest BCUT2D eigenvalue weighted by atomic mass is 9.87. The van der Waals surface area contributed by atoms with Crippen LogP contribution in [0.5, 0.6) is 0 Å². The summed E-state index contributed by atoms with van der Waals surface area (Å²) in [6.45, 7) is 4.91. The molecule has 4 nitrogen and oxygen atoms in total. The summed E-state index contributed by atoms with van der Waals surface area (Å²) in [6.07, 6.45) is 3.36. The van der Waals surface area contributed by atoms with Gasteiger partial charge in [0.15, 0.2) is 0 Å². The van der Waals surface area contributed by atoms with Gasteiger partial charge in [0.2, 0.25) is 5.91 Å². The molecule has 0 aromatic heterocycles. The number of carbonyl (C=O) groups excluding carboxylic acids is 1. The predicted octanol–water partition coefficient (Wildman–Crippen LogP) is 2.46. The number of benzene rings is 1. The van der Waals surface area contributed by atoms with Gasteiger partial charge in [0.05, 0.1) is 12.3 Å². The van der Waals surface area contributed by atoms with Gasteiger partial charge in [-0.1, -0.05) is 37.3 Å². The molecule has 2 aliphatic rings. The summed E-state index contributed by atoms with van der Waals surface area (Å²) in [5, 5.41) is 3.49. The van der Waals surface area contributed by atoms with Crippen LogP contribution in [0.3, 0.4) is 0 Å². The van der Waals surface area contributed by atoms with Gasteiger partial charge in [-0.25, -0.2) is 0 Å². The molecule has 1 amide bonds. The van der Waals surface area contributed by atoms with Crippen LogP contribution >= 0.6 is 0 Å². The van der Waals surface area contributed by atoms with E-state index in [0.717, 1.165) is 31.4 Å². The number of ether oxygens (including phenoxy) is 1. The normalized spacial score (nSPS) is 32.3. The third-order valence-corrected chi connectivity index (χ3v) is 4.58. The summed E-state index contributed by atoms with van der Waals surface area (Å²) in [7, 11) is 0. The highest BCUT2D eigenvalue weighted by molar-refractivity contribution is 5.86. The minimum Gasteiger partial charge on any atom is -0.378 e. The van der Waals surface area contributed by atoms with Crippen LogP contribution in [-0.4, -0.2) is 35.7 Å². The lowest BCUT2D eigenvalue weighted by Gasteiger charge is -2.42. The first-order valence-corrected chi connectivity index (χ1v) is 7.99. The monoisotopic (exact) mass is 288 g/mol. The first kappa shape index (κ1) is 14.5. The van der Waals surface area contributed by atoms with Crippen molar-refractivity contribution in [2.75, 3.05) is 6.61 Å². The predicted molar refractivity (Wildman–Crippen MR) is 81.7 cm³/mol. The van der Waals surface area contributed by atoms with Gasteiger partial charge in [0.1, 0.15) is 6.04 Å². The minimum absolute atomic E-state index is 0.148. The Labute approximate surface area is 126 Å². The van der Waals surface area contributed by atoms with E-state index in [-0.39, 0.29) is 18.1 Å². The molecule has 1 saturated heterocycles. The Kier molecular flexibility index (Phi) is 4.27. The summed E-state index contributed by atoms with van der Waals surface area (Å²) >= 11 is 0. The number of nitrogens with one attached hydrogen (secondary N) is 1. The third kappa shape index (κ3) is 2.70. The van der Waals surface area contributed by atoms with Crippen LogP contribution in [0.4, 0.5) is 0 Å². The molecule has 0 radical (unpaired) electrons. The number of nitrogens with zero attached hydrogens (tertiary/aromatic N) is 1. The molecule has 0 spiro atoms. The third-order valence-electron chi connectivity index (χ3n) is 4.58. The highest BCUT2D eigenvalue weighted by atomic mass is 16.5. The van der Waals surface area contributed by atoms with Crippen molar-refractivity contribution in [1.82, 2.24) is 10.2 Å². The van der Waals surface area contributed by atoms with Crippen LogP contribution < -0.4 is 5.32 Å². The van der Waals surface area contributed by atoms with Gasteiger partial charge in [-0.3, -0.25) is 10.1 Å². The van der Waals surface area contributed by atoms with E-state index in [4.69, 9.17) is 4.74 Å². The molecule has 1 aromatic rings. The average molecular weight is 288 g/mol. The Morgan fingerprint density at radius 2 is 1.95 bits per heavy atom. The standard InChI is InChI=1S/C17H24N2O2/c1-3-15-18-16(12-8-6-5-7-9-12)17(20)19(15)13-10-14(11-13)21-4-2/h5-9,13-16,18H,3-4,10-11H2,1-2H3. The number of amides is 1. The highest BCUT2D eigenvalue weighted by Gasteiger charge is 2.46. The number of hydrogen-bond acceptors (Lipinski definition) is 3. The lowest BCUT2D eigenvalue weighted by molar-refractivity contribution is -0.138. The molecular weight excluding hydrogens is 264 g/mol. The van der Waals surface area contributed by atoms with E-state index in [1.54, 1.807) is 0 Å². The Morgan fingerprint density at radius 3 is 2.57 bits per heavy atom. The van der Waals surface area contributed by atoms with E-state index >= 15 is 0 Å². The van der Waals surface area contributed by atoms with Crippen LogP contribution in [0, 0.1) is 0 Å². The smallest absolute Gasteiger partial charge is 0.245 e. The zero-order valence-corrected chi connectivity index (χ0v) is 12.8. The van der Waals surface area contributed by atoms with E-state index in [0.29, 0.717) is 12.1 Å². The van der Waals surface area contributed by atoms with Crippen LogP contribution in [0.25, 0.3) is 0 Å². The largest absolute Gasteiger partial charge is 0.378 e. The second-order valence-electron chi connectivity index (χ2n) is 5.88. The summed E-state index contributed by atoms with van der Waals surface area (Å²) in [5.41, 5.74) is 1.06. The molecule has 2 fully saturated rings. The molecule has 21 heavy (non-hydrogen) atoms. The molecule has 1 N–H and O–H groups in total. The molecule has 2 unspecified atom stereocenters. The molecule has 3 rings (SSSR count). The molecule has 1 aliphatic carbocycles. The Morgan fingerprint density at radius 1 is 1.24 bits per heavy atom. The van der Waals surface area contributed by atoms with E-state index < -0.39 is 0 Å². The van der Waals surface area contributed by atoms with Crippen molar-refractivity contribution >= 4 is 5.91 Å². The molecule has 1 saturated carbocycles. The molecule has 0 bridgehead atoms. The van der Waals surface area contributed by atoms with E-state index in [9.17, 15) is 4.79 Å². The van der Waals surface area contributed by atoms with Gasteiger partial charge >= 0.3 is 0 Å². The van der Waals surface area contributed by atoms with Gasteiger partial charge in [-0.2, -0.15) is 0 Å². The van der Waals surface area contributed by atoms with E-state index in [1.807, 2.05) is 37.3 Å². The maximum Gasteiger partial charge on any atom is 0.245 e. The van der Waals surface area contributed by atoms with Crippen molar-refractivity contribution in [3.63, 3.8) is 0 Å².